The van der Waals surface area contributed by atoms with Gasteiger partial charge in [-0.15, -0.1) is 10.2 Å². The molecule has 0 amide bonds. The van der Waals surface area contributed by atoms with Crippen molar-refractivity contribution in [1.82, 2.24) is 40.5 Å². The van der Waals surface area contributed by atoms with Crippen molar-refractivity contribution in [2.75, 3.05) is 6.54 Å². The van der Waals surface area contributed by atoms with Crippen LogP contribution in [0.25, 0.3) is 0 Å². The molecule has 0 unspecified atom stereocenters. The van der Waals surface area contributed by atoms with Gasteiger partial charge in [0.1, 0.15) is 6.54 Å². The highest BCUT2D eigenvalue weighted by molar-refractivity contribution is 4.94. The minimum absolute atomic E-state index is 0.558. The van der Waals surface area contributed by atoms with Gasteiger partial charge in [0.25, 0.3) is 0 Å². The maximum atomic E-state index is 4.16. The van der Waals surface area contributed by atoms with E-state index in [9.17, 15) is 0 Å². The highest BCUT2D eigenvalue weighted by Crippen LogP contribution is 2.27. The molecule has 1 saturated carbocycles. The smallest absolute Gasteiger partial charge is 0.172 e. The van der Waals surface area contributed by atoms with Crippen molar-refractivity contribution in [3.05, 3.63) is 17.7 Å². The monoisotopic (exact) mass is 276 g/mol. The lowest BCUT2D eigenvalue weighted by Gasteiger charge is -2.02. The maximum Gasteiger partial charge on any atom is 0.172 e. The largest absolute Gasteiger partial charge is 0.311 e. The van der Waals surface area contributed by atoms with Crippen LogP contribution >= 0.6 is 0 Å². The van der Waals surface area contributed by atoms with Gasteiger partial charge < -0.3 is 5.32 Å². The summed E-state index contributed by atoms with van der Waals surface area (Å²) < 4.78 is 3.60. The van der Waals surface area contributed by atoms with Crippen LogP contribution in [0.1, 0.15) is 37.7 Å². The van der Waals surface area contributed by atoms with Gasteiger partial charge in [0, 0.05) is 13.1 Å². The first-order valence-electron chi connectivity index (χ1n) is 7.20. The summed E-state index contributed by atoms with van der Waals surface area (Å²) in [6, 6.07) is 0. The Morgan fingerprint density at radius 2 is 2.20 bits per heavy atom. The van der Waals surface area contributed by atoms with Crippen molar-refractivity contribution in [2.45, 2.75) is 45.8 Å². The molecule has 2 aromatic heterocycles. The van der Waals surface area contributed by atoms with Crippen molar-refractivity contribution in [2.24, 2.45) is 5.92 Å². The zero-order valence-electron chi connectivity index (χ0n) is 11.7. The van der Waals surface area contributed by atoms with Crippen molar-refractivity contribution in [3.63, 3.8) is 0 Å². The van der Waals surface area contributed by atoms with Crippen LogP contribution in [0.2, 0.25) is 0 Å². The zero-order valence-corrected chi connectivity index (χ0v) is 11.7. The molecule has 1 aliphatic rings. The van der Waals surface area contributed by atoms with Crippen LogP contribution in [-0.2, 0) is 19.6 Å². The summed E-state index contributed by atoms with van der Waals surface area (Å²) in [6.45, 7) is 5.35. The minimum Gasteiger partial charge on any atom is -0.311 e. The summed E-state index contributed by atoms with van der Waals surface area (Å²) in [4.78, 5) is 0. The van der Waals surface area contributed by atoms with Crippen molar-refractivity contribution in [1.29, 1.82) is 0 Å². The van der Waals surface area contributed by atoms with E-state index in [2.05, 4.69) is 38.1 Å². The Labute approximate surface area is 117 Å². The molecule has 20 heavy (non-hydrogen) atoms. The Balaban J connectivity index is 1.54. The van der Waals surface area contributed by atoms with Crippen LogP contribution < -0.4 is 5.32 Å². The van der Waals surface area contributed by atoms with E-state index in [0.717, 1.165) is 43.5 Å². The predicted molar refractivity (Wildman–Crippen MR) is 71.7 cm³/mol. The van der Waals surface area contributed by atoms with Crippen molar-refractivity contribution in [3.8, 4) is 0 Å². The minimum atomic E-state index is 0.558. The second kappa shape index (κ2) is 6.08. The van der Waals surface area contributed by atoms with E-state index in [0.29, 0.717) is 6.54 Å². The second-order valence-electron chi connectivity index (χ2n) is 5.30. The third-order valence-corrected chi connectivity index (χ3v) is 3.37. The molecule has 3 rings (SSSR count). The maximum absolute atomic E-state index is 4.16. The topological polar surface area (TPSA) is 86.3 Å². The summed E-state index contributed by atoms with van der Waals surface area (Å²) >= 11 is 0. The Kier molecular flexibility index (Phi) is 4.00. The fourth-order valence-electron chi connectivity index (χ4n) is 2.09. The molecule has 0 spiro atoms. The van der Waals surface area contributed by atoms with Gasteiger partial charge >= 0.3 is 0 Å². The van der Waals surface area contributed by atoms with E-state index >= 15 is 0 Å². The summed E-state index contributed by atoms with van der Waals surface area (Å²) in [5.74, 6) is 1.69. The first-order chi connectivity index (χ1) is 9.85. The van der Waals surface area contributed by atoms with Gasteiger partial charge in [-0.2, -0.15) is 0 Å². The molecule has 1 fully saturated rings. The number of aromatic nitrogens is 7. The van der Waals surface area contributed by atoms with Crippen molar-refractivity contribution >= 4 is 0 Å². The summed E-state index contributed by atoms with van der Waals surface area (Å²) in [5, 5.41) is 23.4. The quantitative estimate of drug-likeness (QED) is 0.742. The molecule has 0 radical (unpaired) electrons. The lowest BCUT2D eigenvalue weighted by molar-refractivity contribution is 0.526. The molecule has 2 aromatic rings. The van der Waals surface area contributed by atoms with E-state index in [1.165, 1.54) is 12.8 Å². The Hall–Kier alpha value is -1.83. The normalized spacial score (nSPS) is 14.8. The first-order valence-corrected chi connectivity index (χ1v) is 7.20. The van der Waals surface area contributed by atoms with Crippen LogP contribution in [0.15, 0.2) is 6.20 Å². The Morgan fingerprint density at radius 1 is 1.30 bits per heavy atom. The van der Waals surface area contributed by atoms with E-state index in [1.807, 2.05) is 10.9 Å². The zero-order chi connectivity index (χ0) is 13.8. The molecule has 0 saturated heterocycles. The molecule has 8 nitrogen and oxygen atoms in total. The van der Waals surface area contributed by atoms with Crippen LogP contribution in [0.3, 0.4) is 0 Å². The van der Waals surface area contributed by atoms with Crippen LogP contribution in [0.5, 0.6) is 0 Å². The number of hydrogen-bond donors (Lipinski definition) is 1. The molecular weight excluding hydrogens is 256 g/mol. The van der Waals surface area contributed by atoms with Crippen LogP contribution in [0, 0.1) is 5.92 Å². The van der Waals surface area contributed by atoms with Crippen LogP contribution in [-0.4, -0.2) is 41.7 Å². The lowest BCUT2D eigenvalue weighted by Crippen LogP contribution is -2.16. The van der Waals surface area contributed by atoms with Gasteiger partial charge in [-0.1, -0.05) is 12.1 Å². The van der Waals surface area contributed by atoms with E-state index in [-0.39, 0.29) is 0 Å². The number of aryl methyl sites for hydroxylation is 1. The Bertz CT molecular complexity index is 541. The number of nitrogens with zero attached hydrogens (tertiary/aromatic N) is 7. The van der Waals surface area contributed by atoms with Gasteiger partial charge in [-0.05, 0) is 42.2 Å². The fourth-order valence-corrected chi connectivity index (χ4v) is 2.09. The molecule has 8 heteroatoms. The van der Waals surface area contributed by atoms with Gasteiger partial charge in [-0.25, -0.2) is 9.36 Å². The Morgan fingerprint density at radius 3 is 3.00 bits per heavy atom. The SMILES string of the molecule is CCCn1nnnc1Cn1cc(CNCC2CC2)nn1. The van der Waals surface area contributed by atoms with E-state index in [4.69, 9.17) is 0 Å². The molecule has 108 valence electrons. The predicted octanol–water partition coefficient (Wildman–Crippen LogP) is 0.222. The van der Waals surface area contributed by atoms with Gasteiger partial charge in [0.2, 0.25) is 0 Å². The summed E-state index contributed by atoms with van der Waals surface area (Å²) in [7, 11) is 0. The molecule has 1 aliphatic carbocycles. The standard InChI is InChI=1S/C12H20N8/c1-2-5-20-12(15-16-18-20)9-19-8-11(14-17-19)7-13-6-10-3-4-10/h8,10,13H,2-7,9H2,1H3. The molecule has 1 N–H and O–H groups in total. The highest BCUT2D eigenvalue weighted by atomic mass is 15.6. The summed E-state index contributed by atoms with van der Waals surface area (Å²) in [5.41, 5.74) is 0.958. The van der Waals surface area contributed by atoms with Gasteiger partial charge in [0.05, 0.1) is 11.9 Å². The average Bonchev–Trinajstić information content (AvgIpc) is 2.99. The molecule has 0 atom stereocenters. The highest BCUT2D eigenvalue weighted by Gasteiger charge is 2.20. The third kappa shape index (κ3) is 3.38. The van der Waals surface area contributed by atoms with Crippen LogP contribution in [0.4, 0.5) is 0 Å². The van der Waals surface area contributed by atoms with E-state index in [1.54, 1.807) is 4.68 Å². The number of tetrazole rings is 1. The number of hydrogen-bond acceptors (Lipinski definition) is 6. The van der Waals surface area contributed by atoms with Gasteiger partial charge in [-0.3, -0.25) is 0 Å². The first kappa shape index (κ1) is 13.2. The number of nitrogens with one attached hydrogen (secondary N) is 1. The van der Waals surface area contributed by atoms with Gasteiger partial charge in [0.15, 0.2) is 5.82 Å². The lowest BCUT2D eigenvalue weighted by atomic mass is 10.4. The molecule has 2 heterocycles. The molecular formula is C12H20N8. The third-order valence-electron chi connectivity index (χ3n) is 3.37. The fraction of sp³-hybridized carbons (Fsp3) is 0.750. The molecule has 0 bridgehead atoms. The number of rotatable bonds is 8. The second-order valence-corrected chi connectivity index (χ2v) is 5.30. The summed E-state index contributed by atoms with van der Waals surface area (Å²) in [6.07, 6.45) is 5.68. The average molecular weight is 276 g/mol. The molecule has 0 aromatic carbocycles. The molecule has 0 aliphatic heterocycles. The van der Waals surface area contributed by atoms with Crippen molar-refractivity contribution < 1.29 is 0 Å². The van der Waals surface area contributed by atoms with E-state index < -0.39 is 0 Å².